The largest absolute Gasteiger partial charge is 0.492 e. The molecule has 2 aromatic carbocycles. The Labute approximate surface area is 176 Å². The molecule has 0 aliphatic carbocycles. The predicted octanol–water partition coefficient (Wildman–Crippen LogP) is 2.66. The summed E-state index contributed by atoms with van der Waals surface area (Å²) in [6.45, 7) is 2.58. The average Bonchev–Trinajstić information content (AvgIpc) is 3.15. The maximum absolute atomic E-state index is 5.70. The van der Waals surface area contributed by atoms with Crippen molar-refractivity contribution in [2.75, 3.05) is 40.1 Å². The Balaban J connectivity index is 0.00000261. The SMILES string of the molecule is CN=C(NCCOc1ccccc1)NCCOc1ccc2c(c1)OCO2.I. The van der Waals surface area contributed by atoms with E-state index in [1.165, 1.54) is 0 Å². The van der Waals surface area contributed by atoms with Crippen LogP contribution >= 0.6 is 24.0 Å². The highest BCUT2D eigenvalue weighted by Gasteiger charge is 2.13. The summed E-state index contributed by atoms with van der Waals surface area (Å²) in [7, 11) is 1.73. The third-order valence-corrected chi connectivity index (χ3v) is 3.64. The zero-order valence-electron chi connectivity index (χ0n) is 15.1. The molecule has 1 aliphatic rings. The van der Waals surface area contributed by atoms with E-state index in [-0.39, 0.29) is 30.8 Å². The van der Waals surface area contributed by atoms with Crippen molar-refractivity contribution in [2.24, 2.45) is 4.99 Å². The zero-order valence-corrected chi connectivity index (χ0v) is 17.5. The van der Waals surface area contributed by atoms with Gasteiger partial charge in [0.05, 0.1) is 13.1 Å². The van der Waals surface area contributed by atoms with Gasteiger partial charge in [-0.05, 0) is 24.3 Å². The van der Waals surface area contributed by atoms with E-state index in [0.29, 0.717) is 38.0 Å². The minimum absolute atomic E-state index is 0. The van der Waals surface area contributed by atoms with E-state index in [1.54, 1.807) is 7.05 Å². The Morgan fingerprint density at radius 3 is 2.30 bits per heavy atom. The monoisotopic (exact) mass is 485 g/mol. The molecule has 1 aliphatic heterocycles. The molecule has 0 amide bonds. The summed E-state index contributed by atoms with van der Waals surface area (Å²) in [4.78, 5) is 4.17. The molecule has 2 aromatic rings. The highest BCUT2D eigenvalue weighted by molar-refractivity contribution is 14.0. The molecule has 0 unspecified atom stereocenters. The number of aliphatic imine (C=N–C) groups is 1. The molecule has 2 N–H and O–H groups in total. The molecular formula is C19H24IN3O4. The maximum Gasteiger partial charge on any atom is 0.231 e. The first-order valence-electron chi connectivity index (χ1n) is 8.50. The van der Waals surface area contributed by atoms with Crippen LogP contribution in [-0.2, 0) is 0 Å². The number of fused-ring (bicyclic) bond motifs is 1. The lowest BCUT2D eigenvalue weighted by Gasteiger charge is -2.13. The number of para-hydroxylation sites is 1. The van der Waals surface area contributed by atoms with Crippen molar-refractivity contribution in [3.8, 4) is 23.0 Å². The zero-order chi connectivity index (χ0) is 18.0. The van der Waals surface area contributed by atoms with Gasteiger partial charge in [-0.1, -0.05) is 18.2 Å². The van der Waals surface area contributed by atoms with Crippen LogP contribution in [0.15, 0.2) is 53.5 Å². The number of hydrogen-bond donors (Lipinski definition) is 2. The molecular weight excluding hydrogens is 461 g/mol. The number of rotatable bonds is 8. The molecule has 0 bridgehead atoms. The second-order valence-corrected chi connectivity index (χ2v) is 5.45. The molecule has 7 nitrogen and oxygen atoms in total. The van der Waals surface area contributed by atoms with Crippen LogP contribution in [0.3, 0.4) is 0 Å². The fourth-order valence-corrected chi connectivity index (χ4v) is 2.38. The number of guanidine groups is 1. The van der Waals surface area contributed by atoms with Crippen molar-refractivity contribution < 1.29 is 18.9 Å². The molecule has 0 saturated carbocycles. The average molecular weight is 485 g/mol. The lowest BCUT2D eigenvalue weighted by molar-refractivity contribution is 0.173. The van der Waals surface area contributed by atoms with E-state index >= 15 is 0 Å². The first-order valence-corrected chi connectivity index (χ1v) is 8.50. The second kappa shape index (κ2) is 11.4. The van der Waals surface area contributed by atoms with Gasteiger partial charge in [0, 0.05) is 13.1 Å². The van der Waals surface area contributed by atoms with E-state index < -0.39 is 0 Å². The number of nitrogens with one attached hydrogen (secondary N) is 2. The molecule has 8 heteroatoms. The van der Waals surface area contributed by atoms with Crippen LogP contribution in [-0.4, -0.2) is 46.1 Å². The van der Waals surface area contributed by atoms with Gasteiger partial charge in [-0.2, -0.15) is 0 Å². The smallest absolute Gasteiger partial charge is 0.231 e. The molecule has 0 atom stereocenters. The van der Waals surface area contributed by atoms with Crippen LogP contribution in [0.2, 0.25) is 0 Å². The summed E-state index contributed by atoms with van der Waals surface area (Å²) in [5, 5.41) is 6.39. The van der Waals surface area contributed by atoms with Crippen LogP contribution in [0, 0.1) is 0 Å². The number of benzene rings is 2. The summed E-state index contributed by atoms with van der Waals surface area (Å²) in [5.41, 5.74) is 0. The van der Waals surface area contributed by atoms with Crippen LogP contribution < -0.4 is 29.6 Å². The Morgan fingerprint density at radius 1 is 0.926 bits per heavy atom. The van der Waals surface area contributed by atoms with Crippen LogP contribution in [0.25, 0.3) is 0 Å². The summed E-state index contributed by atoms with van der Waals surface area (Å²) < 4.78 is 21.9. The fraction of sp³-hybridized carbons (Fsp3) is 0.316. The minimum Gasteiger partial charge on any atom is -0.492 e. The van der Waals surface area contributed by atoms with Gasteiger partial charge in [0.15, 0.2) is 17.5 Å². The van der Waals surface area contributed by atoms with Crippen molar-refractivity contribution >= 4 is 29.9 Å². The molecule has 0 spiro atoms. The number of hydrogen-bond acceptors (Lipinski definition) is 5. The molecule has 0 radical (unpaired) electrons. The van der Waals surface area contributed by atoms with Gasteiger partial charge < -0.3 is 29.6 Å². The fourth-order valence-electron chi connectivity index (χ4n) is 2.38. The predicted molar refractivity (Wildman–Crippen MR) is 115 cm³/mol. The van der Waals surface area contributed by atoms with Gasteiger partial charge in [-0.3, -0.25) is 4.99 Å². The molecule has 0 saturated heterocycles. The Bertz CT molecular complexity index is 728. The normalized spacial score (nSPS) is 12.1. The summed E-state index contributed by atoms with van der Waals surface area (Å²) >= 11 is 0. The van der Waals surface area contributed by atoms with Crippen molar-refractivity contribution in [1.29, 1.82) is 0 Å². The molecule has 0 aromatic heterocycles. The molecule has 0 fully saturated rings. The summed E-state index contributed by atoms with van der Waals surface area (Å²) in [6.07, 6.45) is 0. The number of nitrogens with zero attached hydrogens (tertiary/aromatic N) is 1. The van der Waals surface area contributed by atoms with Crippen LogP contribution in [0.4, 0.5) is 0 Å². The van der Waals surface area contributed by atoms with E-state index in [2.05, 4.69) is 15.6 Å². The van der Waals surface area contributed by atoms with Crippen molar-refractivity contribution in [1.82, 2.24) is 10.6 Å². The van der Waals surface area contributed by atoms with Gasteiger partial charge in [0.1, 0.15) is 24.7 Å². The molecule has 3 rings (SSSR count). The Hall–Kier alpha value is -2.36. The minimum atomic E-state index is 0. The van der Waals surface area contributed by atoms with E-state index in [9.17, 15) is 0 Å². The third kappa shape index (κ3) is 6.70. The second-order valence-electron chi connectivity index (χ2n) is 5.45. The quantitative estimate of drug-likeness (QED) is 0.259. The van der Waals surface area contributed by atoms with Gasteiger partial charge in [0.2, 0.25) is 6.79 Å². The van der Waals surface area contributed by atoms with Gasteiger partial charge >= 0.3 is 0 Å². The van der Waals surface area contributed by atoms with Crippen molar-refractivity contribution in [2.45, 2.75) is 0 Å². The lowest BCUT2D eigenvalue weighted by atomic mass is 10.3. The highest BCUT2D eigenvalue weighted by atomic mass is 127. The number of halogens is 1. The van der Waals surface area contributed by atoms with Crippen molar-refractivity contribution in [3.63, 3.8) is 0 Å². The van der Waals surface area contributed by atoms with E-state index in [0.717, 1.165) is 17.2 Å². The standard InChI is InChI=1S/C19H23N3O4.HI/c1-20-19(21-9-11-23-15-5-3-2-4-6-15)22-10-12-24-16-7-8-17-18(13-16)26-14-25-17;/h2-8,13H,9-12,14H2,1H3,(H2,20,21,22);1H. The summed E-state index contributed by atoms with van der Waals surface area (Å²) in [6, 6.07) is 15.3. The van der Waals surface area contributed by atoms with Crippen LogP contribution in [0.1, 0.15) is 0 Å². The van der Waals surface area contributed by atoms with Gasteiger partial charge in [-0.15, -0.1) is 24.0 Å². The third-order valence-electron chi connectivity index (χ3n) is 3.64. The summed E-state index contributed by atoms with van der Waals surface area (Å²) in [5.74, 6) is 3.77. The number of ether oxygens (including phenoxy) is 4. The van der Waals surface area contributed by atoms with Crippen molar-refractivity contribution in [3.05, 3.63) is 48.5 Å². The van der Waals surface area contributed by atoms with Gasteiger partial charge in [0.25, 0.3) is 0 Å². The highest BCUT2D eigenvalue weighted by Crippen LogP contribution is 2.34. The van der Waals surface area contributed by atoms with E-state index in [4.69, 9.17) is 18.9 Å². The maximum atomic E-state index is 5.70. The Kier molecular flexibility index (Phi) is 8.82. The Morgan fingerprint density at radius 2 is 1.59 bits per heavy atom. The molecule has 146 valence electrons. The first-order chi connectivity index (χ1) is 12.8. The first kappa shape index (κ1) is 20.9. The molecule has 27 heavy (non-hydrogen) atoms. The van der Waals surface area contributed by atoms with Crippen LogP contribution in [0.5, 0.6) is 23.0 Å². The lowest BCUT2D eigenvalue weighted by Crippen LogP contribution is -2.40. The topological polar surface area (TPSA) is 73.3 Å². The van der Waals surface area contributed by atoms with Gasteiger partial charge in [-0.25, -0.2) is 0 Å². The molecule has 1 heterocycles. The van der Waals surface area contributed by atoms with E-state index in [1.807, 2.05) is 48.5 Å².